The fraction of sp³-hybridized carbons (Fsp3) is 0.318. The Kier molecular flexibility index (Phi) is 14.7. The number of carbonyl (C=O) groups is 1. The number of Topliss-reactive ketones (excluding diaryl/α,β-unsaturated/α-hetero) is 1. The Morgan fingerprint density at radius 1 is 1.00 bits per heavy atom. The third-order valence-electron chi connectivity index (χ3n) is 3.25. The molecule has 2 aromatic rings. The molecule has 0 aromatic heterocycles. The van der Waals surface area contributed by atoms with Crippen LogP contribution in [-0.4, -0.2) is 25.3 Å². The van der Waals surface area contributed by atoms with Crippen molar-refractivity contribution in [2.45, 2.75) is 33.5 Å². The van der Waals surface area contributed by atoms with Crippen molar-refractivity contribution in [3.8, 4) is 0 Å². The van der Waals surface area contributed by atoms with E-state index in [0.29, 0.717) is 11.4 Å². The fourth-order valence-electron chi connectivity index (χ4n) is 2.04. The van der Waals surface area contributed by atoms with Gasteiger partial charge in [0, 0.05) is 34.7 Å². The molecule has 148 valence electrons. The Morgan fingerprint density at radius 3 is 1.93 bits per heavy atom. The van der Waals surface area contributed by atoms with Crippen LogP contribution in [0.2, 0.25) is 5.02 Å². The first kappa shape index (κ1) is 25.5. The number of halogens is 2. The summed E-state index contributed by atoms with van der Waals surface area (Å²) in [6, 6.07) is 14.7. The molecule has 2 aromatic carbocycles. The molecule has 0 unspecified atom stereocenters. The molecule has 0 radical (unpaired) electrons. The van der Waals surface area contributed by atoms with E-state index in [4.69, 9.17) is 21.1 Å². The molecule has 2 rings (SSSR count). The van der Waals surface area contributed by atoms with E-state index in [1.54, 1.807) is 12.1 Å². The van der Waals surface area contributed by atoms with Crippen molar-refractivity contribution in [2.24, 2.45) is 0 Å². The first-order chi connectivity index (χ1) is 13.0. The number of benzene rings is 2. The Bertz CT molecular complexity index is 636. The Morgan fingerprint density at radius 2 is 1.48 bits per heavy atom. The van der Waals surface area contributed by atoms with Crippen LogP contribution in [0.4, 0.5) is 0 Å². The summed E-state index contributed by atoms with van der Waals surface area (Å²) in [5, 5.41) is 0.685. The summed E-state index contributed by atoms with van der Waals surface area (Å²) in [7, 11) is 0. The van der Waals surface area contributed by atoms with Gasteiger partial charge in [-0.1, -0.05) is 51.8 Å². The molecule has 0 N–H and O–H groups in total. The topological polar surface area (TPSA) is 35.5 Å². The van der Waals surface area contributed by atoms with Gasteiger partial charge in [0.15, 0.2) is 12.1 Å². The van der Waals surface area contributed by atoms with E-state index in [9.17, 15) is 4.79 Å². The highest BCUT2D eigenvalue weighted by Crippen LogP contribution is 2.14. The summed E-state index contributed by atoms with van der Waals surface area (Å²) < 4.78 is 11.1. The van der Waals surface area contributed by atoms with Crippen molar-refractivity contribution in [3.63, 3.8) is 0 Å². The van der Waals surface area contributed by atoms with Gasteiger partial charge in [0.2, 0.25) is 0 Å². The molecule has 0 spiro atoms. The molecule has 27 heavy (non-hydrogen) atoms. The highest BCUT2D eigenvalue weighted by atomic mass is 79.9. The van der Waals surface area contributed by atoms with E-state index in [1.165, 1.54) is 0 Å². The van der Waals surface area contributed by atoms with Crippen LogP contribution in [0.3, 0.4) is 0 Å². The lowest BCUT2D eigenvalue weighted by Gasteiger charge is -2.09. The molecule has 0 bridgehead atoms. The van der Waals surface area contributed by atoms with Crippen LogP contribution in [-0.2, 0) is 15.9 Å². The first-order valence-corrected chi connectivity index (χ1v) is 9.89. The minimum absolute atomic E-state index is 0.0370. The lowest BCUT2D eigenvalue weighted by Crippen LogP contribution is -2.11. The van der Waals surface area contributed by atoms with Crippen molar-refractivity contribution >= 4 is 33.3 Å². The molecule has 0 fully saturated rings. The molecule has 5 heteroatoms. The van der Waals surface area contributed by atoms with Gasteiger partial charge in [0.05, 0.1) is 0 Å². The molecule has 0 heterocycles. The number of hydrogen-bond donors (Lipinski definition) is 0. The number of hydrogen-bond acceptors (Lipinski definition) is 3. The van der Waals surface area contributed by atoms with E-state index in [2.05, 4.69) is 29.1 Å². The lowest BCUT2D eigenvalue weighted by molar-refractivity contribution is -0.123. The van der Waals surface area contributed by atoms with E-state index >= 15 is 0 Å². The standard InChI is InChI=1S/C14H10BrClO.C6H14O2.C2H4/c15-12-5-3-11(4-6-12)14(17)9-10-1-7-13(16)8-2-10;1-4-7-6(3)8-5-2;1-2/h1-8H,9H2;6H,4-5H2,1-3H3;1-2H2. The second-order valence-electron chi connectivity index (χ2n) is 5.21. The number of ketones is 1. The molecule has 3 nitrogen and oxygen atoms in total. The summed E-state index contributed by atoms with van der Waals surface area (Å²) in [6.07, 6.45) is 0.365. The van der Waals surface area contributed by atoms with Crippen LogP contribution in [0.25, 0.3) is 0 Å². The Balaban J connectivity index is 0.000000574. The van der Waals surface area contributed by atoms with Crippen molar-refractivity contribution in [2.75, 3.05) is 13.2 Å². The zero-order valence-corrected chi connectivity index (χ0v) is 18.6. The van der Waals surface area contributed by atoms with Gasteiger partial charge in [0.25, 0.3) is 0 Å². The van der Waals surface area contributed by atoms with Gasteiger partial charge in [-0.3, -0.25) is 4.79 Å². The minimum atomic E-state index is -0.0370. The van der Waals surface area contributed by atoms with Crippen molar-refractivity contribution in [1.29, 1.82) is 0 Å². The van der Waals surface area contributed by atoms with Gasteiger partial charge in [-0.15, -0.1) is 13.2 Å². The highest BCUT2D eigenvalue weighted by Gasteiger charge is 2.06. The van der Waals surface area contributed by atoms with Gasteiger partial charge < -0.3 is 9.47 Å². The van der Waals surface area contributed by atoms with Gasteiger partial charge in [0.1, 0.15) is 0 Å². The molecule has 0 atom stereocenters. The highest BCUT2D eigenvalue weighted by molar-refractivity contribution is 9.10. The summed E-state index contributed by atoms with van der Waals surface area (Å²) >= 11 is 9.14. The molecule has 0 aliphatic rings. The third-order valence-corrected chi connectivity index (χ3v) is 4.03. The molecule has 0 aliphatic carbocycles. The van der Waals surface area contributed by atoms with E-state index < -0.39 is 0 Å². The second kappa shape index (κ2) is 15.6. The SMILES string of the molecule is C=C.CCOC(C)OCC.O=C(Cc1ccc(Cl)cc1)c1ccc(Br)cc1. The quantitative estimate of drug-likeness (QED) is 0.263. The van der Waals surface area contributed by atoms with Crippen LogP contribution in [0.15, 0.2) is 66.2 Å². The predicted molar refractivity (Wildman–Crippen MR) is 118 cm³/mol. The van der Waals surface area contributed by atoms with Crippen LogP contribution in [0, 0.1) is 0 Å². The molecule has 0 aliphatic heterocycles. The van der Waals surface area contributed by atoms with Crippen molar-refractivity contribution < 1.29 is 14.3 Å². The van der Waals surface area contributed by atoms with Gasteiger partial charge >= 0.3 is 0 Å². The molecular weight excluding hydrogens is 428 g/mol. The minimum Gasteiger partial charge on any atom is -0.353 e. The molecule has 0 saturated carbocycles. The maximum atomic E-state index is 12.0. The predicted octanol–water partition coefficient (Wildman–Crippen LogP) is 6.74. The van der Waals surface area contributed by atoms with Crippen LogP contribution < -0.4 is 0 Å². The average molecular weight is 456 g/mol. The lowest BCUT2D eigenvalue weighted by atomic mass is 10.0. The zero-order valence-electron chi connectivity index (χ0n) is 16.2. The van der Waals surface area contributed by atoms with Gasteiger partial charge in [-0.25, -0.2) is 0 Å². The summed E-state index contributed by atoms with van der Waals surface area (Å²) in [4.78, 5) is 12.0. The zero-order chi connectivity index (χ0) is 20.7. The molecule has 0 saturated heterocycles. The third kappa shape index (κ3) is 11.8. The summed E-state index contributed by atoms with van der Waals surface area (Å²) in [6.45, 7) is 13.3. The van der Waals surface area contributed by atoms with Gasteiger partial charge in [-0.05, 0) is 50.6 Å². The first-order valence-electron chi connectivity index (χ1n) is 8.72. The normalized spacial score (nSPS) is 9.70. The second-order valence-corrected chi connectivity index (χ2v) is 6.56. The smallest absolute Gasteiger partial charge is 0.167 e. The number of carbonyl (C=O) groups excluding carboxylic acids is 1. The van der Waals surface area contributed by atoms with Crippen LogP contribution in [0.5, 0.6) is 0 Å². The summed E-state index contributed by atoms with van der Waals surface area (Å²) in [5.41, 5.74) is 1.70. The van der Waals surface area contributed by atoms with E-state index in [0.717, 1.165) is 28.8 Å². The average Bonchev–Trinajstić information content (AvgIpc) is 2.67. The van der Waals surface area contributed by atoms with Crippen LogP contribution in [0.1, 0.15) is 36.7 Å². The number of ether oxygens (including phenoxy) is 2. The van der Waals surface area contributed by atoms with Crippen molar-refractivity contribution in [1.82, 2.24) is 0 Å². The maximum Gasteiger partial charge on any atom is 0.167 e. The molecule has 0 amide bonds. The monoisotopic (exact) mass is 454 g/mol. The van der Waals surface area contributed by atoms with E-state index in [-0.39, 0.29) is 12.1 Å². The largest absolute Gasteiger partial charge is 0.353 e. The fourth-order valence-corrected chi connectivity index (χ4v) is 2.43. The van der Waals surface area contributed by atoms with Gasteiger partial charge in [-0.2, -0.15) is 0 Å². The Labute approximate surface area is 176 Å². The summed E-state index contributed by atoms with van der Waals surface area (Å²) in [5.74, 6) is 0.111. The van der Waals surface area contributed by atoms with E-state index in [1.807, 2.05) is 57.2 Å². The molecular formula is C22H28BrClO3. The number of rotatable bonds is 7. The maximum absolute atomic E-state index is 12.0. The van der Waals surface area contributed by atoms with Crippen molar-refractivity contribution in [3.05, 3.63) is 82.3 Å². The van der Waals surface area contributed by atoms with Crippen LogP contribution >= 0.6 is 27.5 Å². The Hall–Kier alpha value is -1.46.